The summed E-state index contributed by atoms with van der Waals surface area (Å²) in [5, 5.41) is 0. The van der Waals surface area contributed by atoms with Crippen LogP contribution in [0.2, 0.25) is 0 Å². The van der Waals surface area contributed by atoms with Gasteiger partial charge in [0.2, 0.25) is 0 Å². The van der Waals surface area contributed by atoms with Crippen molar-refractivity contribution < 1.29 is 4.39 Å². The minimum Gasteiger partial charge on any atom is -0.207 e. The quantitative estimate of drug-likeness (QED) is 0.238. The summed E-state index contributed by atoms with van der Waals surface area (Å²) >= 11 is 0. The van der Waals surface area contributed by atoms with E-state index in [0.29, 0.717) is 11.8 Å². The molecule has 0 saturated heterocycles. The molecule has 0 N–H and O–H groups in total. The number of hydrogen-bond acceptors (Lipinski definition) is 0. The van der Waals surface area contributed by atoms with Gasteiger partial charge in [0.15, 0.2) is 0 Å². The van der Waals surface area contributed by atoms with E-state index in [2.05, 4.69) is 50.0 Å². The Morgan fingerprint density at radius 2 is 1.42 bits per heavy atom. The normalized spacial score (nSPS) is 18.0. The van der Waals surface area contributed by atoms with Gasteiger partial charge in [-0.15, -0.1) is 0 Å². The highest BCUT2D eigenvalue weighted by molar-refractivity contribution is 5.37. The average Bonchev–Trinajstić information content (AvgIpc) is 2.85. The second kappa shape index (κ2) is 14.2. The molecule has 0 unspecified atom stereocenters. The third-order valence-corrected chi connectivity index (χ3v) is 7.27. The fourth-order valence-electron chi connectivity index (χ4n) is 5.04. The van der Waals surface area contributed by atoms with Crippen LogP contribution in [0.5, 0.6) is 0 Å². The highest BCUT2D eigenvalue weighted by Gasteiger charge is 2.21. The predicted molar refractivity (Wildman–Crippen MR) is 140 cm³/mol. The molecule has 33 heavy (non-hydrogen) atoms. The van der Waals surface area contributed by atoms with Crippen LogP contribution in [0.4, 0.5) is 4.39 Å². The number of benzene rings is 2. The van der Waals surface area contributed by atoms with E-state index >= 15 is 0 Å². The number of aryl methyl sites for hydroxylation is 2. The van der Waals surface area contributed by atoms with Crippen molar-refractivity contribution in [3.05, 3.63) is 70.5 Å². The van der Waals surface area contributed by atoms with Gasteiger partial charge in [-0.1, -0.05) is 94.5 Å². The molecular weight excluding hydrogens is 403 g/mol. The first-order chi connectivity index (χ1) is 16.2. The Bertz CT molecular complexity index is 875. The zero-order valence-electron chi connectivity index (χ0n) is 21.0. The Labute approximate surface area is 202 Å². The largest absolute Gasteiger partial charge is 0.207 e. The van der Waals surface area contributed by atoms with Gasteiger partial charge in [0.05, 0.1) is 0 Å². The SMILES string of the molecule is CCCCCCc1ccc(C2CCC(C#Cc3ccc(CCCCCC)c(F)c3)CC2)cc1. The van der Waals surface area contributed by atoms with Crippen molar-refractivity contribution in [2.75, 3.05) is 0 Å². The molecule has 0 spiro atoms. The molecule has 2 aromatic carbocycles. The number of hydrogen-bond donors (Lipinski definition) is 0. The minimum absolute atomic E-state index is 0.0872. The first kappa shape index (κ1) is 25.6. The van der Waals surface area contributed by atoms with Gasteiger partial charge in [0, 0.05) is 11.5 Å². The molecule has 2 aromatic rings. The van der Waals surface area contributed by atoms with Gasteiger partial charge < -0.3 is 0 Å². The van der Waals surface area contributed by atoms with Crippen molar-refractivity contribution in [3.63, 3.8) is 0 Å². The summed E-state index contributed by atoms with van der Waals surface area (Å²) in [6.07, 6.45) is 16.8. The van der Waals surface area contributed by atoms with E-state index in [-0.39, 0.29) is 5.82 Å². The summed E-state index contributed by atoms with van der Waals surface area (Å²) in [5.41, 5.74) is 4.63. The van der Waals surface area contributed by atoms with E-state index in [4.69, 9.17) is 0 Å². The van der Waals surface area contributed by atoms with Crippen LogP contribution >= 0.6 is 0 Å². The van der Waals surface area contributed by atoms with Crippen LogP contribution in [-0.2, 0) is 12.8 Å². The van der Waals surface area contributed by atoms with Crippen LogP contribution in [-0.4, -0.2) is 0 Å². The lowest BCUT2D eigenvalue weighted by Crippen LogP contribution is -2.12. The molecule has 0 aromatic heterocycles. The molecule has 0 radical (unpaired) electrons. The van der Waals surface area contributed by atoms with E-state index in [1.807, 2.05) is 12.1 Å². The molecule has 1 fully saturated rings. The molecular formula is C32H43F. The van der Waals surface area contributed by atoms with E-state index in [1.165, 1.54) is 75.3 Å². The standard InChI is InChI=1S/C32H43F/c1-3-5-7-9-11-26-15-20-29(21-16-26)30-22-17-27(18-23-30)13-14-28-19-24-31(32(33)25-28)12-10-8-6-4-2/h15-16,19-21,24-25,27,30H,3-12,17-18,22-23H2,1-2H3. The maximum Gasteiger partial charge on any atom is 0.127 e. The van der Waals surface area contributed by atoms with Gasteiger partial charge >= 0.3 is 0 Å². The molecule has 0 heterocycles. The Hall–Kier alpha value is -2.07. The smallest absolute Gasteiger partial charge is 0.127 e. The van der Waals surface area contributed by atoms with Gasteiger partial charge in [-0.2, -0.15) is 0 Å². The van der Waals surface area contributed by atoms with Gasteiger partial charge in [-0.3, -0.25) is 0 Å². The predicted octanol–water partition coefficient (Wildman–Crippen LogP) is 9.40. The summed E-state index contributed by atoms with van der Waals surface area (Å²) in [6, 6.07) is 15.0. The van der Waals surface area contributed by atoms with Crippen LogP contribution in [0.15, 0.2) is 42.5 Å². The molecule has 0 amide bonds. The molecule has 0 aliphatic heterocycles. The van der Waals surface area contributed by atoms with Gasteiger partial charge in [-0.25, -0.2) is 4.39 Å². The lowest BCUT2D eigenvalue weighted by atomic mass is 9.78. The third kappa shape index (κ3) is 8.66. The number of halogens is 1. The van der Waals surface area contributed by atoms with Crippen LogP contribution in [0.3, 0.4) is 0 Å². The molecule has 0 bridgehead atoms. The monoisotopic (exact) mass is 446 g/mol. The van der Waals surface area contributed by atoms with Crippen LogP contribution in [0.25, 0.3) is 0 Å². The fraction of sp³-hybridized carbons (Fsp3) is 0.562. The van der Waals surface area contributed by atoms with Crippen molar-refractivity contribution in [2.24, 2.45) is 5.92 Å². The number of unbranched alkanes of at least 4 members (excludes halogenated alkanes) is 6. The molecule has 3 rings (SSSR count). The highest BCUT2D eigenvalue weighted by atomic mass is 19.1. The van der Waals surface area contributed by atoms with Crippen LogP contribution in [0.1, 0.15) is 119 Å². The summed E-state index contributed by atoms with van der Waals surface area (Å²) < 4.78 is 14.4. The molecule has 1 aliphatic carbocycles. The Morgan fingerprint density at radius 3 is 2.06 bits per heavy atom. The van der Waals surface area contributed by atoms with Gasteiger partial charge in [0.25, 0.3) is 0 Å². The van der Waals surface area contributed by atoms with Gasteiger partial charge in [-0.05, 0) is 86.1 Å². The second-order valence-corrected chi connectivity index (χ2v) is 9.99. The van der Waals surface area contributed by atoms with Crippen molar-refractivity contribution in [2.45, 2.75) is 110 Å². The summed E-state index contributed by atoms with van der Waals surface area (Å²) in [6.45, 7) is 4.47. The van der Waals surface area contributed by atoms with E-state index < -0.39 is 0 Å². The highest BCUT2D eigenvalue weighted by Crippen LogP contribution is 2.35. The molecule has 1 aliphatic rings. The summed E-state index contributed by atoms with van der Waals surface area (Å²) in [4.78, 5) is 0. The van der Waals surface area contributed by atoms with Crippen molar-refractivity contribution in [3.8, 4) is 11.8 Å². The topological polar surface area (TPSA) is 0 Å². The van der Waals surface area contributed by atoms with E-state index in [9.17, 15) is 4.39 Å². The lowest BCUT2D eigenvalue weighted by molar-refractivity contribution is 0.384. The Kier molecular flexibility index (Phi) is 11.0. The van der Waals surface area contributed by atoms with Crippen LogP contribution < -0.4 is 0 Å². The molecule has 0 nitrogen and oxygen atoms in total. The van der Waals surface area contributed by atoms with Crippen LogP contribution in [0, 0.1) is 23.6 Å². The zero-order valence-corrected chi connectivity index (χ0v) is 21.0. The Morgan fingerprint density at radius 1 is 0.758 bits per heavy atom. The molecule has 1 heteroatoms. The number of rotatable bonds is 11. The zero-order chi connectivity index (χ0) is 23.3. The first-order valence-electron chi connectivity index (χ1n) is 13.6. The maximum absolute atomic E-state index is 14.4. The minimum atomic E-state index is -0.0872. The lowest BCUT2D eigenvalue weighted by Gasteiger charge is -2.26. The first-order valence-corrected chi connectivity index (χ1v) is 13.6. The van der Waals surface area contributed by atoms with E-state index in [1.54, 1.807) is 6.07 Å². The third-order valence-electron chi connectivity index (χ3n) is 7.27. The maximum atomic E-state index is 14.4. The van der Waals surface area contributed by atoms with Crippen molar-refractivity contribution >= 4 is 0 Å². The fourth-order valence-corrected chi connectivity index (χ4v) is 5.04. The second-order valence-electron chi connectivity index (χ2n) is 9.99. The summed E-state index contributed by atoms with van der Waals surface area (Å²) in [7, 11) is 0. The average molecular weight is 447 g/mol. The van der Waals surface area contributed by atoms with Crippen molar-refractivity contribution in [1.29, 1.82) is 0 Å². The van der Waals surface area contributed by atoms with Crippen molar-refractivity contribution in [1.82, 2.24) is 0 Å². The molecule has 178 valence electrons. The molecule has 1 saturated carbocycles. The van der Waals surface area contributed by atoms with E-state index in [0.717, 1.165) is 36.8 Å². The Balaban J connectivity index is 1.45. The summed E-state index contributed by atoms with van der Waals surface area (Å²) in [5.74, 6) is 7.72. The van der Waals surface area contributed by atoms with Gasteiger partial charge in [0.1, 0.15) is 5.82 Å². The molecule has 0 atom stereocenters.